The Hall–Kier alpha value is -2.46. The topological polar surface area (TPSA) is 115 Å². The molecule has 0 fully saturated rings. The summed E-state index contributed by atoms with van der Waals surface area (Å²) in [6.07, 6.45) is 0. The number of hydrogen-bond acceptors (Lipinski definition) is 10. The van der Waals surface area contributed by atoms with E-state index in [0.717, 1.165) is 15.2 Å². The van der Waals surface area contributed by atoms with Crippen LogP contribution in [-0.2, 0) is 5.75 Å². The molecular formula is C14H16N8S2. The van der Waals surface area contributed by atoms with Crippen molar-refractivity contribution in [2.75, 3.05) is 23.4 Å². The van der Waals surface area contributed by atoms with E-state index in [4.69, 9.17) is 5.73 Å². The second kappa shape index (κ2) is 7.41. The first-order valence-electron chi connectivity index (χ1n) is 7.10. The second-order valence-electron chi connectivity index (χ2n) is 4.84. The molecule has 1 aromatic carbocycles. The zero-order valence-electron chi connectivity index (χ0n) is 13.1. The lowest BCUT2D eigenvalue weighted by molar-refractivity contribution is 0.975. The molecule has 3 rings (SSSR count). The van der Waals surface area contributed by atoms with Gasteiger partial charge in [-0.25, -0.2) is 0 Å². The van der Waals surface area contributed by atoms with Gasteiger partial charge in [-0.05, 0) is 19.1 Å². The Bertz CT molecular complexity index is 818. The SMILES string of the molecule is CNc1nnc(SCc2nc(N)nc(Nc3ccc(C)cc3)n2)s1. The summed E-state index contributed by atoms with van der Waals surface area (Å²) in [6.45, 7) is 2.03. The highest BCUT2D eigenvalue weighted by atomic mass is 32.2. The number of nitrogens with two attached hydrogens (primary N) is 1. The lowest BCUT2D eigenvalue weighted by Crippen LogP contribution is -2.06. The standard InChI is InChI=1S/C14H16N8S2/c1-8-3-5-9(6-4-8)17-12-19-10(18-11(15)20-12)7-23-14-22-21-13(16-2)24-14/h3-6H,7H2,1-2H3,(H,16,21)(H3,15,17,18,19,20). The average Bonchev–Trinajstić information content (AvgIpc) is 3.03. The number of nitrogens with zero attached hydrogens (tertiary/aromatic N) is 5. The lowest BCUT2D eigenvalue weighted by atomic mass is 10.2. The smallest absolute Gasteiger partial charge is 0.232 e. The van der Waals surface area contributed by atoms with Crippen LogP contribution in [0.1, 0.15) is 11.4 Å². The number of nitrogen functional groups attached to an aromatic ring is 1. The van der Waals surface area contributed by atoms with Gasteiger partial charge in [0, 0.05) is 12.7 Å². The van der Waals surface area contributed by atoms with Gasteiger partial charge in [-0.3, -0.25) is 0 Å². The molecule has 4 N–H and O–H groups in total. The highest BCUT2D eigenvalue weighted by molar-refractivity contribution is 8.00. The zero-order chi connectivity index (χ0) is 16.9. The van der Waals surface area contributed by atoms with Crippen LogP contribution in [0.15, 0.2) is 28.6 Å². The van der Waals surface area contributed by atoms with E-state index < -0.39 is 0 Å². The molecule has 0 radical (unpaired) electrons. The van der Waals surface area contributed by atoms with E-state index in [2.05, 4.69) is 35.8 Å². The first-order chi connectivity index (χ1) is 11.6. The molecule has 0 amide bonds. The molecule has 0 aliphatic heterocycles. The van der Waals surface area contributed by atoms with Crippen molar-refractivity contribution >= 4 is 45.8 Å². The predicted octanol–water partition coefficient (Wildman–Crippen LogP) is 2.69. The van der Waals surface area contributed by atoms with Crippen molar-refractivity contribution in [3.8, 4) is 0 Å². The number of aromatic nitrogens is 5. The third-order valence-electron chi connectivity index (χ3n) is 2.95. The molecule has 0 bridgehead atoms. The Labute approximate surface area is 147 Å². The minimum atomic E-state index is 0.184. The fraction of sp³-hybridized carbons (Fsp3) is 0.214. The highest BCUT2D eigenvalue weighted by Crippen LogP contribution is 2.27. The van der Waals surface area contributed by atoms with Crippen LogP contribution in [0.4, 0.5) is 22.7 Å². The molecule has 0 atom stereocenters. The van der Waals surface area contributed by atoms with Crippen LogP contribution in [0.3, 0.4) is 0 Å². The maximum Gasteiger partial charge on any atom is 0.232 e. The van der Waals surface area contributed by atoms with Crippen molar-refractivity contribution < 1.29 is 0 Å². The molecule has 0 aliphatic carbocycles. The minimum absolute atomic E-state index is 0.184. The molecular weight excluding hydrogens is 344 g/mol. The fourth-order valence-electron chi connectivity index (χ4n) is 1.82. The third-order valence-corrected chi connectivity index (χ3v) is 5.02. The van der Waals surface area contributed by atoms with Crippen LogP contribution in [-0.4, -0.2) is 32.2 Å². The molecule has 0 aliphatic rings. The van der Waals surface area contributed by atoms with Crippen LogP contribution in [0.25, 0.3) is 0 Å². The first kappa shape index (κ1) is 16.4. The van der Waals surface area contributed by atoms with Crippen molar-refractivity contribution in [2.24, 2.45) is 0 Å². The van der Waals surface area contributed by atoms with Crippen LogP contribution < -0.4 is 16.4 Å². The maximum absolute atomic E-state index is 5.78. The number of rotatable bonds is 6. The van der Waals surface area contributed by atoms with Gasteiger partial charge in [0.2, 0.25) is 17.0 Å². The highest BCUT2D eigenvalue weighted by Gasteiger charge is 2.08. The minimum Gasteiger partial charge on any atom is -0.368 e. The number of benzene rings is 1. The Kier molecular flexibility index (Phi) is 5.06. The quantitative estimate of drug-likeness (QED) is 0.571. The van der Waals surface area contributed by atoms with Crippen molar-refractivity contribution in [1.82, 2.24) is 25.1 Å². The molecule has 2 aromatic heterocycles. The van der Waals surface area contributed by atoms with Gasteiger partial charge in [0.25, 0.3) is 0 Å². The summed E-state index contributed by atoms with van der Waals surface area (Å²) in [6, 6.07) is 7.95. The molecule has 24 heavy (non-hydrogen) atoms. The van der Waals surface area contributed by atoms with Gasteiger partial charge in [0.15, 0.2) is 4.34 Å². The lowest BCUT2D eigenvalue weighted by Gasteiger charge is -2.07. The van der Waals surface area contributed by atoms with Gasteiger partial charge in [0.05, 0.1) is 5.75 Å². The van der Waals surface area contributed by atoms with E-state index in [9.17, 15) is 0 Å². The molecule has 10 heteroatoms. The maximum atomic E-state index is 5.78. The van der Waals surface area contributed by atoms with E-state index >= 15 is 0 Å². The average molecular weight is 360 g/mol. The molecule has 0 saturated carbocycles. The third kappa shape index (κ3) is 4.30. The van der Waals surface area contributed by atoms with Crippen LogP contribution in [0, 0.1) is 6.92 Å². The van der Waals surface area contributed by atoms with E-state index in [1.54, 1.807) is 0 Å². The summed E-state index contributed by atoms with van der Waals surface area (Å²) >= 11 is 2.98. The van der Waals surface area contributed by atoms with E-state index in [1.165, 1.54) is 28.7 Å². The Morgan fingerprint density at radius 3 is 2.62 bits per heavy atom. The Morgan fingerprint density at radius 2 is 1.92 bits per heavy atom. The van der Waals surface area contributed by atoms with Gasteiger partial charge in [-0.2, -0.15) is 15.0 Å². The summed E-state index contributed by atoms with van der Waals surface area (Å²) < 4.78 is 0.839. The molecule has 0 unspecified atom stereocenters. The predicted molar refractivity (Wildman–Crippen MR) is 97.7 cm³/mol. The van der Waals surface area contributed by atoms with Crippen molar-refractivity contribution in [1.29, 1.82) is 0 Å². The van der Waals surface area contributed by atoms with Crippen molar-refractivity contribution in [3.63, 3.8) is 0 Å². The van der Waals surface area contributed by atoms with Gasteiger partial charge in [-0.15, -0.1) is 10.2 Å². The Balaban J connectivity index is 1.69. The molecule has 2 heterocycles. The summed E-state index contributed by atoms with van der Waals surface area (Å²) in [5.74, 6) is 1.73. The van der Waals surface area contributed by atoms with Crippen molar-refractivity contribution in [3.05, 3.63) is 35.7 Å². The number of thioether (sulfide) groups is 1. The Morgan fingerprint density at radius 1 is 1.12 bits per heavy atom. The summed E-state index contributed by atoms with van der Waals surface area (Å²) in [5.41, 5.74) is 7.87. The first-order valence-corrected chi connectivity index (χ1v) is 8.91. The van der Waals surface area contributed by atoms with E-state index in [0.29, 0.717) is 17.5 Å². The van der Waals surface area contributed by atoms with Gasteiger partial charge in [0.1, 0.15) is 5.82 Å². The van der Waals surface area contributed by atoms with Crippen LogP contribution in [0.2, 0.25) is 0 Å². The van der Waals surface area contributed by atoms with Crippen LogP contribution >= 0.6 is 23.1 Å². The number of nitrogens with one attached hydrogen (secondary N) is 2. The largest absolute Gasteiger partial charge is 0.368 e. The second-order valence-corrected chi connectivity index (χ2v) is 7.04. The molecule has 0 saturated heterocycles. The number of hydrogen-bond donors (Lipinski definition) is 3. The molecule has 8 nitrogen and oxygen atoms in total. The number of anilines is 4. The fourth-order valence-corrected chi connectivity index (χ4v) is 3.38. The summed E-state index contributed by atoms with van der Waals surface area (Å²) in [5, 5.41) is 14.9. The van der Waals surface area contributed by atoms with Gasteiger partial charge < -0.3 is 16.4 Å². The van der Waals surface area contributed by atoms with Gasteiger partial charge >= 0.3 is 0 Å². The van der Waals surface area contributed by atoms with E-state index in [-0.39, 0.29) is 5.95 Å². The molecule has 124 valence electrons. The molecule has 3 aromatic rings. The number of aryl methyl sites for hydroxylation is 1. The monoisotopic (exact) mass is 360 g/mol. The summed E-state index contributed by atoms with van der Waals surface area (Å²) in [4.78, 5) is 12.7. The summed E-state index contributed by atoms with van der Waals surface area (Å²) in [7, 11) is 1.81. The zero-order valence-corrected chi connectivity index (χ0v) is 14.8. The van der Waals surface area contributed by atoms with Crippen LogP contribution in [0.5, 0.6) is 0 Å². The van der Waals surface area contributed by atoms with Gasteiger partial charge in [-0.1, -0.05) is 40.8 Å². The molecule has 0 spiro atoms. The van der Waals surface area contributed by atoms with E-state index in [1.807, 2.05) is 38.2 Å². The normalized spacial score (nSPS) is 10.6. The van der Waals surface area contributed by atoms with Crippen molar-refractivity contribution in [2.45, 2.75) is 17.0 Å².